The van der Waals surface area contributed by atoms with Crippen LogP contribution in [0.1, 0.15) is 0 Å². The minimum Gasteiger partial charge on any atom is -0.427 e. The Kier molecular flexibility index (Phi) is 9.58. The molecule has 0 aromatic carbocycles. The van der Waals surface area contributed by atoms with Gasteiger partial charge >= 0.3 is 0 Å². The largest absolute Gasteiger partial charge is 0.427 e. The van der Waals surface area contributed by atoms with Gasteiger partial charge in [-0.2, -0.15) is 0 Å². The van der Waals surface area contributed by atoms with Gasteiger partial charge in [0.05, 0.1) is 11.0 Å². The van der Waals surface area contributed by atoms with Crippen LogP contribution in [0.2, 0.25) is 0 Å². The Morgan fingerprint density at radius 2 is 1.67 bits per heavy atom. The molecule has 0 aliphatic rings. The van der Waals surface area contributed by atoms with Gasteiger partial charge in [-0.15, -0.1) is 0 Å². The van der Waals surface area contributed by atoms with Crippen molar-refractivity contribution in [3.05, 3.63) is 0 Å². The van der Waals surface area contributed by atoms with Gasteiger partial charge in [-0.1, -0.05) is 0 Å². The average Bonchev–Trinajstić information content (AvgIpc) is 1.38. The van der Waals surface area contributed by atoms with Crippen molar-refractivity contribution < 1.29 is 38.8 Å². The van der Waals surface area contributed by atoms with Crippen molar-refractivity contribution in [3.8, 4) is 0 Å². The van der Waals surface area contributed by atoms with Crippen LogP contribution < -0.4 is 0 Å². The van der Waals surface area contributed by atoms with Gasteiger partial charge in [0.2, 0.25) is 0 Å². The summed E-state index contributed by atoms with van der Waals surface area (Å²) in [6.07, 6.45) is 0. The predicted molar refractivity (Wildman–Crippen MR) is 15.7 cm³/mol. The van der Waals surface area contributed by atoms with E-state index in [1.54, 1.807) is 0 Å². The van der Waals surface area contributed by atoms with Crippen molar-refractivity contribution in [2.24, 2.45) is 0 Å². The molecule has 0 aromatic rings. The first-order chi connectivity index (χ1) is 2.27. The fourth-order valence-corrected chi connectivity index (χ4v) is 0. The fourth-order valence-electron chi connectivity index (χ4n) is 0. The van der Waals surface area contributed by atoms with Crippen LogP contribution in [0, 0.1) is 0 Å². The van der Waals surface area contributed by atoms with E-state index in [-0.39, 0.29) is 26.2 Å². The maximum Gasteiger partial charge on any atom is 0.0518 e. The Bertz CT molecular complexity index is 68.9. The molecular formula is CH3O3SZr-. The molecule has 0 spiro atoms. The van der Waals surface area contributed by atoms with E-state index in [2.05, 4.69) is 4.18 Å². The molecule has 0 unspecified atom stereocenters. The maximum absolute atomic E-state index is 9.15. The molecule has 6 heavy (non-hydrogen) atoms. The Labute approximate surface area is 57.0 Å². The topological polar surface area (TPSA) is 43.4 Å². The van der Waals surface area contributed by atoms with E-state index >= 15 is 0 Å². The van der Waals surface area contributed by atoms with Gasteiger partial charge in [0.25, 0.3) is 0 Å². The number of hydrogen-bond acceptors (Lipinski definition) is 4. The molecule has 0 aromatic heterocycles. The molecule has 0 rings (SSSR count). The summed E-state index contributed by atoms with van der Waals surface area (Å²) in [6, 6.07) is 0. The summed E-state index contributed by atoms with van der Waals surface area (Å²) in [5.74, 6) is 0. The molecule has 0 fully saturated rings. The molecule has 0 amide bonds. The minimum atomic E-state index is -2.32. The molecule has 5 heteroatoms. The van der Waals surface area contributed by atoms with Crippen LogP contribution in [0.25, 0.3) is 0 Å². The number of hydrogen-bond donors (Lipinski definition) is 0. The van der Waals surface area contributed by atoms with Crippen molar-refractivity contribution in [3.63, 3.8) is 0 Å². The summed E-state index contributed by atoms with van der Waals surface area (Å²) in [6.45, 7) is 0. The van der Waals surface area contributed by atoms with Crippen LogP contribution in [-0.2, 0) is 49.8 Å². The molecule has 0 bridgehead atoms. The van der Waals surface area contributed by atoms with Crippen LogP contribution in [0.3, 0.4) is 0 Å². The molecule has 0 atom stereocenters. The monoisotopic (exact) mass is 185 g/mol. The molecule has 0 heterocycles. The SMILES string of the molecule is CO[S-](=O)=O.[Zr]. The van der Waals surface area contributed by atoms with Gasteiger partial charge in [-0.3, -0.25) is 0 Å². The van der Waals surface area contributed by atoms with Crippen LogP contribution in [0.4, 0.5) is 0 Å². The Hall–Kier alpha value is 0.793. The van der Waals surface area contributed by atoms with Gasteiger partial charge in [-0.05, 0) is 0 Å². The quantitative estimate of drug-likeness (QED) is 0.535. The summed E-state index contributed by atoms with van der Waals surface area (Å²) in [5, 5.41) is 0. The Morgan fingerprint density at radius 3 is 1.67 bits per heavy atom. The van der Waals surface area contributed by atoms with Gasteiger partial charge in [-0.25, -0.2) is 0 Å². The van der Waals surface area contributed by atoms with E-state index in [9.17, 15) is 0 Å². The second-order valence-corrected chi connectivity index (χ2v) is 1.11. The van der Waals surface area contributed by atoms with E-state index < -0.39 is 11.0 Å². The molecule has 36 valence electrons. The third-order valence-corrected chi connectivity index (χ3v) is 0.408. The van der Waals surface area contributed by atoms with Crippen molar-refractivity contribution in [2.75, 3.05) is 7.11 Å². The third-order valence-electron chi connectivity index (χ3n) is 0.136. The van der Waals surface area contributed by atoms with Crippen LogP contribution in [-0.4, -0.2) is 7.11 Å². The Balaban J connectivity index is 0. The summed E-state index contributed by atoms with van der Waals surface area (Å²) < 4.78 is 22.0. The van der Waals surface area contributed by atoms with E-state index in [1.807, 2.05) is 0 Å². The third kappa shape index (κ3) is 8.84. The normalized spacial score (nSPS) is 7.67. The zero-order valence-corrected chi connectivity index (χ0v) is 6.41. The summed E-state index contributed by atoms with van der Waals surface area (Å²) in [7, 11) is -1.24. The standard InChI is InChI=1S/CH3O3S.Zr/c1-4-5(2)3;/h1H3;/q-1;. The molecule has 3 nitrogen and oxygen atoms in total. The maximum atomic E-state index is 9.15. The van der Waals surface area contributed by atoms with E-state index in [1.165, 1.54) is 0 Å². The van der Waals surface area contributed by atoms with E-state index in [4.69, 9.17) is 8.42 Å². The second-order valence-electron chi connectivity index (χ2n) is 0.371. The first-order valence-corrected chi connectivity index (χ1v) is 1.91. The average molecular weight is 186 g/mol. The molecular weight excluding hydrogens is 183 g/mol. The number of rotatable bonds is 1. The van der Waals surface area contributed by atoms with E-state index in [0.717, 1.165) is 7.11 Å². The second kappa shape index (κ2) is 5.79. The van der Waals surface area contributed by atoms with Gasteiger partial charge in [0.15, 0.2) is 0 Å². The zero-order valence-electron chi connectivity index (χ0n) is 3.13. The van der Waals surface area contributed by atoms with E-state index in [0.29, 0.717) is 0 Å². The summed E-state index contributed by atoms with van der Waals surface area (Å²) in [5.41, 5.74) is 0. The molecule has 0 N–H and O–H groups in total. The van der Waals surface area contributed by atoms with Gasteiger partial charge in [0, 0.05) is 33.3 Å². The smallest absolute Gasteiger partial charge is 0.0518 e. The minimum absolute atomic E-state index is 0. The van der Waals surface area contributed by atoms with Crippen LogP contribution in [0.5, 0.6) is 0 Å². The van der Waals surface area contributed by atoms with Crippen molar-refractivity contribution in [2.45, 2.75) is 0 Å². The van der Waals surface area contributed by atoms with Crippen molar-refractivity contribution in [1.82, 2.24) is 0 Å². The first-order valence-electron chi connectivity index (χ1n) is 0.908. The molecule has 0 aliphatic carbocycles. The van der Waals surface area contributed by atoms with Crippen LogP contribution in [0.15, 0.2) is 0 Å². The molecule has 0 radical (unpaired) electrons. The van der Waals surface area contributed by atoms with Crippen molar-refractivity contribution >= 4 is 11.0 Å². The Morgan fingerprint density at radius 1 is 1.50 bits per heavy atom. The van der Waals surface area contributed by atoms with Gasteiger partial charge < -0.3 is 12.6 Å². The fraction of sp³-hybridized carbons (Fsp3) is 1.00. The molecule has 0 saturated heterocycles. The summed E-state index contributed by atoms with van der Waals surface area (Å²) >= 11 is 0. The summed E-state index contributed by atoms with van der Waals surface area (Å²) in [4.78, 5) is 0. The zero-order chi connectivity index (χ0) is 4.28. The van der Waals surface area contributed by atoms with Crippen molar-refractivity contribution in [1.29, 1.82) is 0 Å². The molecule has 0 aliphatic heterocycles. The predicted octanol–water partition coefficient (Wildman–Crippen LogP) is -0.145. The van der Waals surface area contributed by atoms with Gasteiger partial charge in [0.1, 0.15) is 0 Å². The van der Waals surface area contributed by atoms with Crippen LogP contribution >= 0.6 is 0 Å². The first kappa shape index (κ1) is 9.92. The molecule has 0 saturated carbocycles.